The minimum Gasteiger partial charge on any atom is -0.390 e. The van der Waals surface area contributed by atoms with E-state index in [0.717, 1.165) is 54.9 Å². The van der Waals surface area contributed by atoms with E-state index in [-0.39, 0.29) is 38.3 Å². The first-order chi connectivity index (χ1) is 20.4. The molecule has 0 aromatic heterocycles. The highest BCUT2D eigenvalue weighted by Gasteiger charge is 2.55. The number of urea groups is 1. The van der Waals surface area contributed by atoms with Gasteiger partial charge in [-0.15, -0.1) is 0 Å². The molecule has 0 spiro atoms. The summed E-state index contributed by atoms with van der Waals surface area (Å²) < 4.78 is 62.8. The lowest BCUT2D eigenvalue weighted by Crippen LogP contribution is -2.63. The van der Waals surface area contributed by atoms with Gasteiger partial charge in [0.25, 0.3) is 0 Å². The molecule has 1 saturated heterocycles. The van der Waals surface area contributed by atoms with Crippen LogP contribution in [0.1, 0.15) is 32.1 Å². The minimum atomic E-state index is -5.32. The number of hydrogen-bond donors (Lipinski definition) is 2. The quantitative estimate of drug-likeness (QED) is 0.531. The smallest absolute Gasteiger partial charge is 0.390 e. The van der Waals surface area contributed by atoms with Gasteiger partial charge in [-0.25, -0.2) is 13.2 Å². The van der Waals surface area contributed by atoms with Crippen molar-refractivity contribution in [1.82, 2.24) is 9.62 Å². The Labute approximate surface area is 249 Å². The molecular formula is C30H36F3N5O4S. The summed E-state index contributed by atoms with van der Waals surface area (Å²) in [6, 6.07) is 15.5. The van der Waals surface area contributed by atoms with Crippen molar-refractivity contribution in [3.05, 3.63) is 48.5 Å². The highest BCUT2D eigenvalue weighted by atomic mass is 32.2. The van der Waals surface area contributed by atoms with E-state index in [9.17, 15) is 31.5 Å². The highest BCUT2D eigenvalue weighted by Crippen LogP contribution is 2.55. The van der Waals surface area contributed by atoms with Crippen LogP contribution < -0.4 is 20.0 Å². The number of carbonyl (C=O) groups excluding carboxylic acids is 1. The molecule has 6 aliphatic rings. The summed E-state index contributed by atoms with van der Waals surface area (Å²) in [7, 11) is -5.32. The molecule has 2 aromatic rings. The van der Waals surface area contributed by atoms with E-state index < -0.39 is 21.1 Å². The molecule has 2 atom stereocenters. The Hall–Kier alpha value is -3.03. The van der Waals surface area contributed by atoms with Gasteiger partial charge in [0.1, 0.15) is 0 Å². The van der Waals surface area contributed by atoms with Crippen molar-refractivity contribution < 1.29 is 31.5 Å². The van der Waals surface area contributed by atoms with E-state index in [4.69, 9.17) is 0 Å². The van der Waals surface area contributed by atoms with Gasteiger partial charge in [-0.3, -0.25) is 4.90 Å². The standard InChI is InChI=1S/C30H36F3N5O4S/c31-30(32,33)43(41,42)36-11-9-35(10-12-36)23-5-7-24(8-6-23)37-13-14-38(26-4-2-1-3-25(26)37)28(39)34-27-21-15-20-16-22(27)19-29(40,17-20)18-21/h1-8,20-22,27,40H,9-19H2,(H,34,39). The molecule has 13 heteroatoms. The maximum Gasteiger partial charge on any atom is 0.511 e. The first-order valence-corrected chi connectivity index (χ1v) is 16.4. The van der Waals surface area contributed by atoms with E-state index in [1.807, 2.05) is 58.3 Å². The summed E-state index contributed by atoms with van der Waals surface area (Å²) in [6.45, 7) is 0.934. The topological polar surface area (TPSA) is 96.4 Å². The molecule has 5 fully saturated rings. The van der Waals surface area contributed by atoms with Crippen molar-refractivity contribution in [1.29, 1.82) is 0 Å². The fraction of sp³-hybridized carbons (Fsp3) is 0.567. The van der Waals surface area contributed by atoms with Crippen molar-refractivity contribution in [2.24, 2.45) is 17.8 Å². The number of sulfonamides is 1. The Balaban J connectivity index is 1.03. The van der Waals surface area contributed by atoms with Gasteiger partial charge < -0.3 is 20.2 Å². The summed E-state index contributed by atoms with van der Waals surface area (Å²) in [5, 5.41) is 14.3. The third kappa shape index (κ3) is 5.02. The molecule has 2 amide bonds. The number of piperazine rings is 1. The molecule has 2 aromatic carbocycles. The van der Waals surface area contributed by atoms with E-state index >= 15 is 0 Å². The Morgan fingerprint density at radius 2 is 1.44 bits per heavy atom. The second-order valence-electron chi connectivity index (χ2n) is 12.8. The fourth-order valence-electron chi connectivity index (χ4n) is 8.45. The van der Waals surface area contributed by atoms with Gasteiger partial charge in [-0.1, -0.05) is 12.1 Å². The lowest BCUT2D eigenvalue weighted by atomic mass is 9.52. The molecule has 2 N–H and O–H groups in total. The number of halogens is 3. The Morgan fingerprint density at radius 3 is 2.05 bits per heavy atom. The number of hydrogen-bond acceptors (Lipinski definition) is 6. The van der Waals surface area contributed by atoms with Crippen LogP contribution in [-0.2, 0) is 10.0 Å². The molecule has 2 unspecified atom stereocenters. The summed E-state index contributed by atoms with van der Waals surface area (Å²) in [5.74, 6) is 1.22. The largest absolute Gasteiger partial charge is 0.511 e. The van der Waals surface area contributed by atoms with Crippen LogP contribution in [0.4, 0.5) is 40.7 Å². The van der Waals surface area contributed by atoms with Gasteiger partial charge in [0.2, 0.25) is 0 Å². The molecule has 4 saturated carbocycles. The number of alkyl halides is 3. The van der Waals surface area contributed by atoms with E-state index in [0.29, 0.717) is 35.1 Å². The van der Waals surface area contributed by atoms with E-state index in [1.54, 1.807) is 0 Å². The zero-order chi connectivity index (χ0) is 30.1. The van der Waals surface area contributed by atoms with Crippen LogP contribution in [0.3, 0.4) is 0 Å². The molecule has 2 aliphatic heterocycles. The molecule has 8 rings (SSSR count). The maximum absolute atomic E-state index is 13.7. The maximum atomic E-state index is 13.7. The predicted molar refractivity (Wildman–Crippen MR) is 157 cm³/mol. The zero-order valence-corrected chi connectivity index (χ0v) is 24.5. The molecule has 232 valence electrons. The normalized spacial score (nSPS) is 30.8. The number of carbonyl (C=O) groups is 1. The van der Waals surface area contributed by atoms with Crippen molar-refractivity contribution in [3.8, 4) is 0 Å². The average molecular weight is 620 g/mol. The molecule has 9 nitrogen and oxygen atoms in total. The average Bonchev–Trinajstić information content (AvgIpc) is 2.97. The molecule has 2 heterocycles. The fourth-order valence-corrected chi connectivity index (χ4v) is 9.39. The van der Waals surface area contributed by atoms with Gasteiger partial charge in [0.15, 0.2) is 0 Å². The molecule has 0 radical (unpaired) electrons. The van der Waals surface area contributed by atoms with Crippen LogP contribution in [0.25, 0.3) is 0 Å². The second kappa shape index (κ2) is 10.3. The molecule has 4 bridgehead atoms. The van der Waals surface area contributed by atoms with Crippen molar-refractivity contribution >= 4 is 38.8 Å². The van der Waals surface area contributed by atoms with Crippen LogP contribution >= 0.6 is 0 Å². The van der Waals surface area contributed by atoms with Gasteiger partial charge >= 0.3 is 21.6 Å². The number of aliphatic hydroxyl groups is 1. The molecule has 43 heavy (non-hydrogen) atoms. The van der Waals surface area contributed by atoms with Gasteiger partial charge in [0.05, 0.1) is 17.0 Å². The predicted octanol–water partition coefficient (Wildman–Crippen LogP) is 4.27. The van der Waals surface area contributed by atoms with Crippen LogP contribution in [0.5, 0.6) is 0 Å². The highest BCUT2D eigenvalue weighted by molar-refractivity contribution is 7.90. The van der Waals surface area contributed by atoms with E-state index in [2.05, 4.69) is 10.2 Å². The Morgan fingerprint density at radius 1 is 0.837 bits per heavy atom. The number of amides is 2. The first-order valence-electron chi connectivity index (χ1n) is 15.0. The summed E-state index contributed by atoms with van der Waals surface area (Å²) >= 11 is 0. The zero-order valence-electron chi connectivity index (χ0n) is 23.7. The number of para-hydroxylation sites is 2. The van der Waals surface area contributed by atoms with Gasteiger partial charge in [-0.05, 0) is 86.3 Å². The number of rotatable bonds is 4. The summed E-state index contributed by atoms with van der Waals surface area (Å²) in [4.78, 5) is 19.5. The number of anilines is 4. The Bertz CT molecular complexity index is 1480. The van der Waals surface area contributed by atoms with Gasteiger partial charge in [0, 0.05) is 56.7 Å². The first kappa shape index (κ1) is 28.7. The lowest BCUT2D eigenvalue weighted by molar-refractivity contribution is -0.136. The van der Waals surface area contributed by atoms with Crippen LogP contribution in [-0.4, -0.2) is 80.3 Å². The van der Waals surface area contributed by atoms with Crippen LogP contribution in [0, 0.1) is 17.8 Å². The summed E-state index contributed by atoms with van der Waals surface area (Å²) in [5.41, 5.74) is -2.39. The molecule has 4 aliphatic carbocycles. The SMILES string of the molecule is O=C(NC1C2CC3CC1CC(O)(C3)C2)N1CCN(c2ccc(N3CCN(S(=O)(=O)C(F)(F)F)CC3)cc2)c2ccccc21. The third-order valence-electron chi connectivity index (χ3n) is 10.2. The molecular weight excluding hydrogens is 583 g/mol. The monoisotopic (exact) mass is 619 g/mol. The van der Waals surface area contributed by atoms with Crippen LogP contribution in [0.2, 0.25) is 0 Å². The van der Waals surface area contributed by atoms with Gasteiger partial charge in [-0.2, -0.15) is 17.5 Å². The van der Waals surface area contributed by atoms with Crippen molar-refractivity contribution in [2.45, 2.75) is 49.3 Å². The number of nitrogens with zero attached hydrogens (tertiary/aromatic N) is 4. The second-order valence-corrected chi connectivity index (χ2v) is 14.7. The van der Waals surface area contributed by atoms with Crippen molar-refractivity contribution in [2.75, 3.05) is 54.0 Å². The minimum absolute atomic E-state index is 0.0949. The number of nitrogens with one attached hydrogen (secondary N) is 1. The Kier molecular flexibility index (Phi) is 6.86. The lowest BCUT2D eigenvalue weighted by Gasteiger charge is -2.58. The van der Waals surface area contributed by atoms with Crippen molar-refractivity contribution in [3.63, 3.8) is 0 Å². The summed E-state index contributed by atoms with van der Waals surface area (Å²) in [6.07, 6.45) is 4.60. The van der Waals surface area contributed by atoms with Crippen LogP contribution in [0.15, 0.2) is 48.5 Å². The van der Waals surface area contributed by atoms with E-state index in [1.165, 1.54) is 0 Å². The third-order valence-corrected chi connectivity index (χ3v) is 11.8. The number of benzene rings is 2. The number of fused-ring (bicyclic) bond motifs is 1.